The quantitative estimate of drug-likeness (QED) is 0.851. The molecule has 0 spiro atoms. The maximum Gasteiger partial charge on any atom is 0.221 e. The summed E-state index contributed by atoms with van der Waals surface area (Å²) in [6.07, 6.45) is 2.64. The molecule has 84 valence electrons. The van der Waals surface area contributed by atoms with Crippen molar-refractivity contribution < 1.29 is 0 Å². The minimum absolute atomic E-state index is 0.299. The van der Waals surface area contributed by atoms with Crippen molar-refractivity contribution in [2.75, 3.05) is 11.1 Å². The van der Waals surface area contributed by atoms with Crippen LogP contribution in [0.25, 0.3) is 0 Å². The van der Waals surface area contributed by atoms with Gasteiger partial charge in [-0.25, -0.2) is 4.98 Å². The van der Waals surface area contributed by atoms with Gasteiger partial charge in [0, 0.05) is 23.5 Å². The van der Waals surface area contributed by atoms with Crippen molar-refractivity contribution in [3.8, 4) is 0 Å². The van der Waals surface area contributed by atoms with Gasteiger partial charge in [-0.05, 0) is 24.4 Å². The Labute approximate surface area is 98.6 Å². The maximum atomic E-state index is 5.51. The Balaban J connectivity index is 1.94. The monoisotopic (exact) mass is 234 g/mol. The molecule has 0 amide bonds. The molecule has 0 radical (unpaired) electrons. The summed E-state index contributed by atoms with van der Waals surface area (Å²) in [6, 6.07) is 6.35. The number of thiophene rings is 1. The van der Waals surface area contributed by atoms with Crippen molar-refractivity contribution in [2.24, 2.45) is 0 Å². The molecule has 0 aliphatic rings. The summed E-state index contributed by atoms with van der Waals surface area (Å²) < 4.78 is 0. The number of nitrogens with two attached hydrogens (primary N) is 1. The molecule has 1 atom stereocenters. The van der Waals surface area contributed by atoms with Crippen molar-refractivity contribution in [1.82, 2.24) is 9.97 Å². The van der Waals surface area contributed by atoms with Gasteiger partial charge in [0.25, 0.3) is 0 Å². The number of nitrogen functional groups attached to an aromatic ring is 1. The van der Waals surface area contributed by atoms with Crippen LogP contribution >= 0.6 is 11.3 Å². The second-order valence-corrected chi connectivity index (χ2v) is 4.66. The molecule has 0 saturated carbocycles. The fourth-order valence-electron chi connectivity index (χ4n) is 1.49. The Morgan fingerprint density at radius 2 is 2.38 bits per heavy atom. The molecular weight excluding hydrogens is 220 g/mol. The minimum atomic E-state index is 0.299. The summed E-state index contributed by atoms with van der Waals surface area (Å²) in [5, 5.41) is 5.38. The zero-order chi connectivity index (χ0) is 11.4. The van der Waals surface area contributed by atoms with E-state index in [0.717, 1.165) is 12.2 Å². The van der Waals surface area contributed by atoms with Crippen LogP contribution in [0.2, 0.25) is 0 Å². The Kier molecular flexibility index (Phi) is 3.36. The van der Waals surface area contributed by atoms with E-state index in [-0.39, 0.29) is 0 Å². The van der Waals surface area contributed by atoms with E-state index in [2.05, 4.69) is 39.7 Å². The van der Waals surface area contributed by atoms with Crippen LogP contribution in [0.1, 0.15) is 11.8 Å². The van der Waals surface area contributed by atoms with Gasteiger partial charge in [0.15, 0.2) is 0 Å². The van der Waals surface area contributed by atoms with Gasteiger partial charge in [0.2, 0.25) is 5.95 Å². The van der Waals surface area contributed by atoms with Crippen LogP contribution in [-0.4, -0.2) is 16.0 Å². The normalized spacial score (nSPS) is 12.3. The number of nitrogens with one attached hydrogen (secondary N) is 1. The SMILES string of the molecule is CC(Cc1cccs1)Nc1ccnc(N)n1. The van der Waals surface area contributed by atoms with Gasteiger partial charge in [-0.15, -0.1) is 11.3 Å². The molecule has 2 aromatic rings. The first kappa shape index (κ1) is 10.9. The molecule has 0 aromatic carbocycles. The largest absolute Gasteiger partial charge is 0.368 e. The highest BCUT2D eigenvalue weighted by atomic mass is 32.1. The lowest BCUT2D eigenvalue weighted by atomic mass is 10.2. The molecule has 4 nitrogen and oxygen atoms in total. The van der Waals surface area contributed by atoms with Crippen LogP contribution in [-0.2, 0) is 6.42 Å². The predicted octanol–water partition coefficient (Wildman–Crippen LogP) is 2.16. The zero-order valence-corrected chi connectivity index (χ0v) is 9.87. The van der Waals surface area contributed by atoms with E-state index in [1.54, 1.807) is 17.5 Å². The van der Waals surface area contributed by atoms with Gasteiger partial charge in [0.1, 0.15) is 5.82 Å². The number of hydrogen-bond donors (Lipinski definition) is 2. The highest BCUT2D eigenvalue weighted by Gasteiger charge is 2.05. The summed E-state index contributed by atoms with van der Waals surface area (Å²) >= 11 is 1.77. The van der Waals surface area contributed by atoms with E-state index in [9.17, 15) is 0 Å². The first-order chi connectivity index (χ1) is 7.74. The molecule has 5 heteroatoms. The van der Waals surface area contributed by atoms with Crippen molar-refractivity contribution in [2.45, 2.75) is 19.4 Å². The fraction of sp³-hybridized carbons (Fsp3) is 0.273. The molecule has 2 aromatic heterocycles. The molecule has 0 bridgehead atoms. The first-order valence-electron chi connectivity index (χ1n) is 5.11. The maximum absolute atomic E-state index is 5.51. The van der Waals surface area contributed by atoms with Crippen molar-refractivity contribution in [3.05, 3.63) is 34.7 Å². The van der Waals surface area contributed by atoms with Crippen molar-refractivity contribution >= 4 is 23.1 Å². The van der Waals surface area contributed by atoms with Crippen LogP contribution in [0.4, 0.5) is 11.8 Å². The Morgan fingerprint density at radius 1 is 1.50 bits per heavy atom. The summed E-state index contributed by atoms with van der Waals surface area (Å²) in [4.78, 5) is 9.32. The minimum Gasteiger partial charge on any atom is -0.368 e. The van der Waals surface area contributed by atoms with E-state index < -0.39 is 0 Å². The van der Waals surface area contributed by atoms with E-state index >= 15 is 0 Å². The van der Waals surface area contributed by atoms with Gasteiger partial charge in [-0.2, -0.15) is 4.98 Å². The third-order valence-electron chi connectivity index (χ3n) is 2.16. The second-order valence-electron chi connectivity index (χ2n) is 3.63. The van der Waals surface area contributed by atoms with Gasteiger partial charge < -0.3 is 11.1 Å². The molecule has 16 heavy (non-hydrogen) atoms. The van der Waals surface area contributed by atoms with E-state index in [1.165, 1.54) is 4.88 Å². The lowest BCUT2D eigenvalue weighted by molar-refractivity contribution is 0.794. The smallest absolute Gasteiger partial charge is 0.221 e. The molecule has 1 unspecified atom stereocenters. The summed E-state index contributed by atoms with van der Waals surface area (Å²) in [6.45, 7) is 2.12. The highest BCUT2D eigenvalue weighted by Crippen LogP contribution is 2.13. The number of aromatic nitrogens is 2. The third kappa shape index (κ3) is 2.93. The van der Waals surface area contributed by atoms with E-state index in [0.29, 0.717) is 12.0 Å². The van der Waals surface area contributed by atoms with Gasteiger partial charge in [0.05, 0.1) is 0 Å². The lowest BCUT2D eigenvalue weighted by Gasteiger charge is -2.13. The highest BCUT2D eigenvalue weighted by molar-refractivity contribution is 7.09. The average molecular weight is 234 g/mol. The molecule has 2 heterocycles. The topological polar surface area (TPSA) is 63.8 Å². The predicted molar refractivity (Wildman–Crippen MR) is 67.6 cm³/mol. The van der Waals surface area contributed by atoms with Crippen LogP contribution in [0.3, 0.4) is 0 Å². The lowest BCUT2D eigenvalue weighted by Crippen LogP contribution is -2.18. The molecule has 0 aliphatic heterocycles. The number of hydrogen-bond acceptors (Lipinski definition) is 5. The van der Waals surface area contributed by atoms with E-state index in [1.807, 2.05) is 6.07 Å². The van der Waals surface area contributed by atoms with Crippen molar-refractivity contribution in [3.63, 3.8) is 0 Å². The number of anilines is 2. The zero-order valence-electron chi connectivity index (χ0n) is 9.05. The summed E-state index contributed by atoms with van der Waals surface area (Å²) in [7, 11) is 0. The van der Waals surface area contributed by atoms with Gasteiger partial charge in [-0.1, -0.05) is 6.07 Å². The van der Waals surface area contributed by atoms with Crippen LogP contribution in [0.5, 0.6) is 0 Å². The molecular formula is C11H14N4S. The second kappa shape index (κ2) is 4.94. The standard InChI is InChI=1S/C11H14N4S/c1-8(7-9-3-2-6-16-9)14-10-4-5-13-11(12)15-10/h2-6,8H,7H2,1H3,(H3,12,13,14,15). The van der Waals surface area contributed by atoms with Crippen LogP contribution in [0.15, 0.2) is 29.8 Å². The van der Waals surface area contributed by atoms with Crippen LogP contribution in [0, 0.1) is 0 Å². The fourth-order valence-corrected chi connectivity index (χ4v) is 2.32. The van der Waals surface area contributed by atoms with Gasteiger partial charge >= 0.3 is 0 Å². The van der Waals surface area contributed by atoms with Crippen LogP contribution < -0.4 is 11.1 Å². The number of nitrogens with zero attached hydrogens (tertiary/aromatic N) is 2. The first-order valence-corrected chi connectivity index (χ1v) is 5.99. The molecule has 2 rings (SSSR count). The average Bonchev–Trinajstić information content (AvgIpc) is 2.70. The van der Waals surface area contributed by atoms with Gasteiger partial charge in [-0.3, -0.25) is 0 Å². The van der Waals surface area contributed by atoms with Crippen molar-refractivity contribution in [1.29, 1.82) is 0 Å². The molecule has 3 N–H and O–H groups in total. The molecule has 0 saturated heterocycles. The summed E-state index contributed by atoms with van der Waals surface area (Å²) in [5.41, 5.74) is 5.51. The Morgan fingerprint density at radius 3 is 3.06 bits per heavy atom. The molecule has 0 fully saturated rings. The Hall–Kier alpha value is -1.62. The molecule has 0 aliphatic carbocycles. The Bertz CT molecular complexity index is 441. The van der Waals surface area contributed by atoms with E-state index in [4.69, 9.17) is 5.73 Å². The number of rotatable bonds is 4. The third-order valence-corrected chi connectivity index (χ3v) is 3.05. The summed E-state index contributed by atoms with van der Waals surface area (Å²) in [5.74, 6) is 1.07.